The van der Waals surface area contributed by atoms with Crippen molar-refractivity contribution in [2.24, 2.45) is 13.5 Å². The Labute approximate surface area is 699 Å². The van der Waals surface area contributed by atoms with Gasteiger partial charge in [-0.15, -0.1) is 0 Å². The maximum Gasteiger partial charge on any atom is 0.460 e. The lowest BCUT2D eigenvalue weighted by Crippen LogP contribution is -2.11. The molecule has 12 aromatic carbocycles. The minimum Gasteiger partial charge on any atom is -0.497 e. The fourth-order valence-electron chi connectivity index (χ4n) is 12.2. The van der Waals surface area contributed by atoms with Gasteiger partial charge in [0.05, 0.1) is 85.3 Å². The molecule has 0 fully saturated rings. The van der Waals surface area contributed by atoms with Gasteiger partial charge < -0.3 is 84.0 Å². The molecule has 0 saturated heterocycles. The highest BCUT2D eigenvalue weighted by atomic mass is 31.3. The van der Waals surface area contributed by atoms with Crippen LogP contribution < -0.4 is 84.0 Å². The van der Waals surface area contributed by atoms with Crippen LogP contribution in [0, 0.1) is 0 Å². The molecule has 0 unspecified atom stereocenters. The van der Waals surface area contributed by atoms with E-state index in [1.807, 2.05) is 273 Å². The van der Waals surface area contributed by atoms with Crippen molar-refractivity contribution in [2.45, 2.75) is 0 Å². The van der Waals surface area contributed by atoms with Crippen LogP contribution in [-0.4, -0.2) is 85.3 Å². The van der Waals surface area contributed by atoms with Crippen LogP contribution in [0.1, 0.15) is 66.8 Å². The van der Waals surface area contributed by atoms with Crippen LogP contribution in [0.5, 0.6) is 103 Å². The lowest BCUT2D eigenvalue weighted by Gasteiger charge is -2.33. The highest BCUT2D eigenvalue weighted by molar-refractivity contribution is 7.79. The van der Waals surface area contributed by atoms with Gasteiger partial charge in [0.1, 0.15) is 103 Å². The number of nitrogens with zero attached hydrogens (tertiary/aromatic N) is 3. The van der Waals surface area contributed by atoms with Crippen molar-refractivity contribution in [3.05, 3.63) is 322 Å². The van der Waals surface area contributed by atoms with E-state index in [2.05, 4.69) is 0 Å². The van der Waals surface area contributed by atoms with E-state index >= 15 is 0 Å². The molecule has 0 N–H and O–H groups in total. The number of methoxy groups -OCH3 is 12. The number of hydrogen-bond acceptors (Lipinski definition) is 21. The first-order chi connectivity index (χ1) is 58.5. The van der Waals surface area contributed by atoms with Gasteiger partial charge in [-0.2, -0.15) is 0 Å². The Morgan fingerprint density at radius 1 is 0.142 bits per heavy atom. The molecule has 12 aromatic rings. The average Bonchev–Trinajstić information content (AvgIpc) is 0.726. The zero-order valence-corrected chi connectivity index (χ0v) is 70.9. The van der Waals surface area contributed by atoms with Crippen LogP contribution in [0.15, 0.2) is 268 Å². The molecule has 0 bridgehead atoms. The topological polar surface area (TPSA) is 203 Å². The van der Waals surface area contributed by atoms with Crippen LogP contribution in [-0.2, 0) is 0 Å². The minimum atomic E-state index is -4.73. The molecule has 0 amide bonds. The molecule has 612 valence electrons. The van der Waals surface area contributed by atoms with E-state index in [9.17, 15) is 0 Å². The Balaban J connectivity index is 1.09. The maximum absolute atomic E-state index is 7.67. The molecule has 21 nitrogen and oxygen atoms in total. The molecule has 0 aromatic heterocycles. The predicted molar refractivity (Wildman–Crippen MR) is 481 cm³/mol. The predicted octanol–water partition coefficient (Wildman–Crippen LogP) is 25.4. The third-order valence-electron chi connectivity index (χ3n) is 18.4. The number of hydrogen-bond donors (Lipinski definition) is 0. The monoisotopic (exact) mass is 1670 g/mol. The van der Waals surface area contributed by atoms with E-state index in [0.29, 0.717) is 85.7 Å². The second-order valence-corrected chi connectivity index (χ2v) is 32.8. The Morgan fingerprint density at radius 3 is 0.425 bits per heavy atom. The van der Waals surface area contributed by atoms with Crippen LogP contribution in [0.2, 0.25) is 0 Å². The molecular weight excluding hydrogens is 1580 g/mol. The molecule has 0 radical (unpaired) electrons. The molecular formula is C96H90N3O18P3. The fourth-order valence-corrected chi connectivity index (χ4v) is 21.2. The summed E-state index contributed by atoms with van der Waals surface area (Å²) in [6, 6.07) is 78.3. The van der Waals surface area contributed by atoms with Gasteiger partial charge in [0.2, 0.25) is 0 Å². The summed E-state index contributed by atoms with van der Waals surface area (Å²) in [7, 11) is 5.05. The highest BCUT2D eigenvalue weighted by Crippen LogP contribution is 2.79. The molecule has 0 saturated carbocycles. The Kier molecular flexibility index (Phi) is 27.9. The smallest absolute Gasteiger partial charge is 0.460 e. The van der Waals surface area contributed by atoms with Crippen molar-refractivity contribution in [2.75, 3.05) is 85.3 Å². The van der Waals surface area contributed by atoms with Gasteiger partial charge in [0, 0.05) is 36.4 Å². The molecule has 0 aliphatic carbocycles. The third kappa shape index (κ3) is 22.9. The van der Waals surface area contributed by atoms with Crippen LogP contribution >= 0.6 is 23.0 Å². The quantitative estimate of drug-likeness (QED) is 0.0265. The van der Waals surface area contributed by atoms with Gasteiger partial charge in [0.25, 0.3) is 0 Å². The molecule has 1 aliphatic heterocycles. The van der Waals surface area contributed by atoms with E-state index in [0.717, 1.165) is 50.1 Å². The highest BCUT2D eigenvalue weighted by Gasteiger charge is 2.49. The largest absolute Gasteiger partial charge is 0.497 e. The molecule has 1 aliphatic rings. The second-order valence-electron chi connectivity index (χ2n) is 26.6. The average molecular weight is 1670 g/mol. The first-order valence-corrected chi connectivity index (χ1v) is 42.2. The van der Waals surface area contributed by atoms with Crippen LogP contribution in [0.3, 0.4) is 0 Å². The Hall–Kier alpha value is -13.8. The summed E-state index contributed by atoms with van der Waals surface area (Å²) in [5, 5.41) is 0. The fraction of sp³-hybridized carbons (Fsp3) is 0.125. The van der Waals surface area contributed by atoms with E-state index in [-0.39, 0.29) is 34.5 Å². The molecule has 0 atom stereocenters. The number of rotatable bonds is 36. The third-order valence-corrected chi connectivity index (χ3v) is 26.5. The second kappa shape index (κ2) is 39.9. The normalized spacial score (nSPS) is 15.6. The molecule has 24 heteroatoms. The van der Waals surface area contributed by atoms with Gasteiger partial charge in [-0.25, -0.2) is 0 Å². The van der Waals surface area contributed by atoms with Gasteiger partial charge in [-0.3, -0.25) is 0 Å². The standard InChI is InChI=1S/C96H90N3O18P3/c1-100-79-37-25-67(26-38-79)16-22-76-55-91(109-10)64-94(58-76)115-118(112-82-43-31-70(32-44-82)13-19-73-49-85(103-4)61-86(50-73)104-5)97-119(113-83-45-33-71(34-46-83)14-20-74-51-87(105-6)62-88(52-74)106-7,116-95-59-77(56-92(65-95)110-11)23-17-68-27-39-80(101-2)40-28-68)99-120(98-118,114-84-47-35-72(36-48-84)15-21-75-53-89(107-8)63-90(54-75)108-9)117-96-60-78(57-93(66-96)111-12)24-18-69-29-41-81(102-3)42-30-69/h13-66H,1-12H3/b19-13+,20-14+,21-15+,22-16+,23-17+,24-18+. The SMILES string of the molecule is COc1ccc(/C=C/c2cc(OC)cc(OP3(Oc4ccc(/C=C/c5cc(OC)cc(OC)c5)cc4)=NP(Oc4ccc(/C=C/c5cc(OC)cc(OC)c5)cc4)(Oc4cc(/C=C/c5ccc(OC)cc5)cc(OC)c4)=NP(Oc4ccc(/C=C/c5cc(OC)cc(OC)c5)cc4)(Oc4cc(/C=C/c5ccc(OC)cc5)cc(OC)c4)=N3)c2)cc1. The van der Waals surface area contributed by atoms with E-state index in [1.54, 1.807) is 140 Å². The van der Waals surface area contributed by atoms with Crippen molar-refractivity contribution in [1.29, 1.82) is 0 Å². The molecule has 1 heterocycles. The summed E-state index contributed by atoms with van der Waals surface area (Å²) in [5.74, 6) is 8.40. The summed E-state index contributed by atoms with van der Waals surface area (Å²) in [5.41, 5.74) is 9.51. The first kappa shape index (κ1) is 84.1. The van der Waals surface area contributed by atoms with Gasteiger partial charge >= 0.3 is 23.0 Å². The Morgan fingerprint density at radius 2 is 0.267 bits per heavy atom. The van der Waals surface area contributed by atoms with Crippen molar-refractivity contribution in [3.8, 4) is 103 Å². The van der Waals surface area contributed by atoms with Crippen molar-refractivity contribution >= 4 is 95.9 Å². The van der Waals surface area contributed by atoms with Gasteiger partial charge in [-0.1, -0.05) is 159 Å². The summed E-state index contributed by atoms with van der Waals surface area (Å²) in [6.07, 6.45) is 23.4. The van der Waals surface area contributed by atoms with Crippen molar-refractivity contribution in [3.63, 3.8) is 0 Å². The van der Waals surface area contributed by atoms with Gasteiger partial charge in [-0.05, 0) is 212 Å². The molecule has 13 rings (SSSR count). The van der Waals surface area contributed by atoms with E-state index < -0.39 is 23.0 Å². The van der Waals surface area contributed by atoms with E-state index in [4.69, 9.17) is 97.5 Å². The summed E-state index contributed by atoms with van der Waals surface area (Å²) in [4.78, 5) is 0. The number of ether oxygens (including phenoxy) is 12. The Bertz CT molecular complexity index is 5270. The summed E-state index contributed by atoms with van der Waals surface area (Å²) in [6.45, 7) is 0. The van der Waals surface area contributed by atoms with Crippen LogP contribution in [0.4, 0.5) is 0 Å². The lowest BCUT2D eigenvalue weighted by molar-refractivity contribution is 0.394. The molecule has 120 heavy (non-hydrogen) atoms. The maximum atomic E-state index is 7.67. The zero-order chi connectivity index (χ0) is 83.9. The minimum absolute atomic E-state index is 0.185. The van der Waals surface area contributed by atoms with Gasteiger partial charge in [0.15, 0.2) is 0 Å². The summed E-state index contributed by atoms with van der Waals surface area (Å²) < 4.78 is 132. The molecule has 0 spiro atoms. The zero-order valence-electron chi connectivity index (χ0n) is 68.2. The van der Waals surface area contributed by atoms with Crippen molar-refractivity contribution in [1.82, 2.24) is 0 Å². The van der Waals surface area contributed by atoms with Crippen molar-refractivity contribution < 1.29 is 84.0 Å². The van der Waals surface area contributed by atoms with Crippen LogP contribution in [0.25, 0.3) is 72.9 Å². The number of benzene rings is 12. The summed E-state index contributed by atoms with van der Waals surface area (Å²) >= 11 is 0. The lowest BCUT2D eigenvalue weighted by atomic mass is 10.1. The first-order valence-electron chi connectivity index (χ1n) is 37.7. The van der Waals surface area contributed by atoms with E-state index in [1.165, 1.54) is 0 Å².